The zero-order valence-electron chi connectivity index (χ0n) is 9.75. The second-order valence-corrected chi connectivity index (χ2v) is 4.28. The van der Waals surface area contributed by atoms with Gasteiger partial charge in [-0.05, 0) is 23.8 Å². The molecule has 98 valence electrons. The van der Waals surface area contributed by atoms with E-state index in [1.54, 1.807) is 19.1 Å². The molecule has 0 saturated heterocycles. The van der Waals surface area contributed by atoms with Crippen LogP contribution in [0.25, 0.3) is 0 Å². The van der Waals surface area contributed by atoms with Crippen molar-refractivity contribution in [1.82, 2.24) is 14.8 Å². The lowest BCUT2D eigenvalue weighted by molar-refractivity contribution is 0.0697. The third-order valence-electron chi connectivity index (χ3n) is 2.25. The number of urea groups is 1. The third-order valence-corrected chi connectivity index (χ3v) is 2.77. The molecule has 0 aliphatic heterocycles. The lowest BCUT2D eigenvalue weighted by Gasteiger charge is -2.10. The van der Waals surface area contributed by atoms with E-state index < -0.39 is 12.0 Å². The van der Waals surface area contributed by atoms with Crippen LogP contribution in [0.4, 0.5) is 15.6 Å². The molecule has 2 rings (SSSR count). The highest BCUT2D eigenvalue weighted by Gasteiger charge is 2.15. The van der Waals surface area contributed by atoms with Gasteiger partial charge in [0.2, 0.25) is 5.13 Å². The monoisotopic (exact) mass is 279 g/mol. The maximum Gasteiger partial charge on any atom is 0.338 e. The van der Waals surface area contributed by atoms with Crippen molar-refractivity contribution in [3.63, 3.8) is 0 Å². The zero-order chi connectivity index (χ0) is 13.8. The van der Waals surface area contributed by atoms with Crippen molar-refractivity contribution in [2.45, 2.75) is 6.92 Å². The topological polar surface area (TPSA) is 117 Å². The first-order valence-electron chi connectivity index (χ1n) is 5.14. The number of carbonyl (C=O) groups is 2. The molecule has 0 spiro atoms. The summed E-state index contributed by atoms with van der Waals surface area (Å²) in [5.41, 5.74) is 0.818. The molecule has 0 atom stereocenters. The Balaban J connectivity index is 2.17. The maximum absolute atomic E-state index is 11.7. The third kappa shape index (κ3) is 3.01. The van der Waals surface area contributed by atoms with Gasteiger partial charge in [0.25, 0.3) is 0 Å². The number of hydrogen-bond donors (Lipinski definition) is 3. The highest BCUT2D eigenvalue weighted by Crippen LogP contribution is 2.19. The average molecular weight is 279 g/mol. The van der Waals surface area contributed by atoms with Crippen molar-refractivity contribution in [1.29, 1.82) is 0 Å². The Bertz CT molecular complexity index is 614. The molecule has 19 heavy (non-hydrogen) atoms. The molecule has 0 radical (unpaired) electrons. The number of carbonyl (C=O) groups excluding carboxylic acids is 1. The first-order valence-corrected chi connectivity index (χ1v) is 5.91. The fraction of sp³-hybridized carbons (Fsp3) is 0.100. The van der Waals surface area contributed by atoms with Crippen LogP contribution in [0.5, 0.6) is 0 Å². The molecule has 9 heteroatoms. The molecule has 0 fully saturated rings. The van der Waals surface area contributed by atoms with Crippen molar-refractivity contribution in [3.05, 3.63) is 29.3 Å². The Hall–Kier alpha value is -2.55. The predicted molar refractivity (Wildman–Crippen MR) is 68.5 cm³/mol. The summed E-state index contributed by atoms with van der Waals surface area (Å²) in [5.74, 6) is -1.11. The lowest BCUT2D eigenvalue weighted by Crippen LogP contribution is -2.21. The van der Waals surface area contributed by atoms with Crippen LogP contribution in [0.3, 0.4) is 0 Å². The van der Waals surface area contributed by atoms with Gasteiger partial charge in [0.15, 0.2) is 0 Å². The average Bonchev–Trinajstić information content (AvgIpc) is 2.81. The first kappa shape index (κ1) is 12.9. The highest BCUT2D eigenvalue weighted by atomic mass is 32.1. The summed E-state index contributed by atoms with van der Waals surface area (Å²) in [6, 6.07) is 4.21. The van der Waals surface area contributed by atoms with Crippen LogP contribution in [0.2, 0.25) is 0 Å². The van der Waals surface area contributed by atoms with Gasteiger partial charge in [-0.15, -0.1) is 0 Å². The van der Waals surface area contributed by atoms with E-state index in [9.17, 15) is 9.59 Å². The molecule has 0 unspecified atom stereocenters. The van der Waals surface area contributed by atoms with E-state index in [0.29, 0.717) is 5.56 Å². The number of nitrogens with zero attached hydrogens (tertiary/aromatic N) is 3. The van der Waals surface area contributed by atoms with Gasteiger partial charge in [0.1, 0.15) is 0 Å². The Labute approximate surface area is 111 Å². The van der Waals surface area contributed by atoms with Gasteiger partial charge in [0, 0.05) is 11.5 Å². The summed E-state index contributed by atoms with van der Waals surface area (Å²) in [5, 5.41) is 21.1. The predicted octanol–water partition coefficient (Wildman–Crippen LogP) is 1.58. The zero-order valence-corrected chi connectivity index (χ0v) is 10.6. The number of aryl methyl sites for hydroxylation is 1. The summed E-state index contributed by atoms with van der Waals surface area (Å²) in [4.78, 5) is 22.8. The number of carboxylic acids is 1. The van der Waals surface area contributed by atoms with Crippen LogP contribution in [0.1, 0.15) is 15.9 Å². The van der Waals surface area contributed by atoms with Crippen molar-refractivity contribution in [2.24, 2.45) is 0 Å². The van der Waals surface area contributed by atoms with Crippen molar-refractivity contribution in [2.75, 3.05) is 10.6 Å². The van der Waals surface area contributed by atoms with E-state index in [2.05, 4.69) is 25.4 Å². The molecule has 0 aliphatic rings. The lowest BCUT2D eigenvalue weighted by atomic mass is 10.1. The molecular weight excluding hydrogens is 270 g/mol. The van der Waals surface area contributed by atoms with E-state index >= 15 is 0 Å². The van der Waals surface area contributed by atoms with Gasteiger partial charge in [-0.1, -0.05) is 21.7 Å². The van der Waals surface area contributed by atoms with Crippen molar-refractivity contribution in [3.8, 4) is 0 Å². The minimum absolute atomic E-state index is 0.0491. The van der Waals surface area contributed by atoms with Crippen LogP contribution in [-0.2, 0) is 0 Å². The molecule has 0 bridgehead atoms. The van der Waals surface area contributed by atoms with Crippen LogP contribution in [0, 0.1) is 6.92 Å². The fourth-order valence-corrected chi connectivity index (χ4v) is 1.85. The molecule has 0 saturated carbocycles. The summed E-state index contributed by atoms with van der Waals surface area (Å²) in [7, 11) is 0. The molecule has 1 heterocycles. The quantitative estimate of drug-likeness (QED) is 0.785. The second-order valence-electron chi connectivity index (χ2n) is 3.55. The number of hydrogen-bond acceptors (Lipinski definition) is 6. The van der Waals surface area contributed by atoms with Crippen LogP contribution in [0.15, 0.2) is 18.2 Å². The van der Waals surface area contributed by atoms with Crippen LogP contribution < -0.4 is 10.6 Å². The standard InChI is InChI=1S/C10H9N5O3S/c1-5-3-2-4-6(7(5)8(16)17)11-9(18)12-10-13-14-15-19-10/h2-4H,1H3,(H,16,17)(H2,11,12,13,15,18). The molecule has 0 aliphatic carbocycles. The van der Waals surface area contributed by atoms with Gasteiger partial charge in [-0.3, -0.25) is 5.32 Å². The minimum atomic E-state index is -1.11. The molecule has 2 aromatic rings. The summed E-state index contributed by atoms with van der Waals surface area (Å²) < 4.78 is 3.49. The summed E-state index contributed by atoms with van der Waals surface area (Å²) >= 11 is 0.915. The number of anilines is 2. The second kappa shape index (κ2) is 5.40. The van der Waals surface area contributed by atoms with Gasteiger partial charge in [0.05, 0.1) is 11.3 Å². The molecule has 8 nitrogen and oxygen atoms in total. The van der Waals surface area contributed by atoms with Crippen LogP contribution >= 0.6 is 11.5 Å². The minimum Gasteiger partial charge on any atom is -0.478 e. The summed E-state index contributed by atoms with van der Waals surface area (Å²) in [6.07, 6.45) is 0. The van der Waals surface area contributed by atoms with Gasteiger partial charge in [-0.25, -0.2) is 9.59 Å². The molecule has 2 amide bonds. The molecule has 1 aromatic carbocycles. The number of nitrogens with one attached hydrogen (secondary N) is 2. The number of benzene rings is 1. The maximum atomic E-state index is 11.7. The molecule has 3 N–H and O–H groups in total. The smallest absolute Gasteiger partial charge is 0.338 e. The number of carboxylic acid groups (broad SMARTS) is 1. The van der Waals surface area contributed by atoms with E-state index in [1.807, 2.05) is 0 Å². The Kier molecular flexibility index (Phi) is 3.66. The van der Waals surface area contributed by atoms with E-state index in [0.717, 1.165) is 11.5 Å². The highest BCUT2D eigenvalue weighted by molar-refractivity contribution is 7.09. The van der Waals surface area contributed by atoms with E-state index in [4.69, 9.17) is 5.11 Å². The Morgan fingerprint density at radius 1 is 1.32 bits per heavy atom. The van der Waals surface area contributed by atoms with Gasteiger partial charge < -0.3 is 10.4 Å². The number of aromatic carboxylic acids is 1. The SMILES string of the molecule is Cc1cccc(NC(=O)Nc2nnns2)c1C(=O)O. The van der Waals surface area contributed by atoms with Gasteiger partial charge >= 0.3 is 12.0 Å². The van der Waals surface area contributed by atoms with Crippen LogP contribution in [-0.4, -0.2) is 31.9 Å². The van der Waals surface area contributed by atoms with E-state index in [1.165, 1.54) is 6.07 Å². The fourth-order valence-electron chi connectivity index (χ4n) is 1.49. The largest absolute Gasteiger partial charge is 0.478 e. The first-order chi connectivity index (χ1) is 9.08. The summed E-state index contributed by atoms with van der Waals surface area (Å²) in [6.45, 7) is 1.65. The Morgan fingerprint density at radius 3 is 2.74 bits per heavy atom. The Morgan fingerprint density at radius 2 is 2.11 bits per heavy atom. The van der Waals surface area contributed by atoms with Crippen molar-refractivity contribution < 1.29 is 14.7 Å². The molecular formula is C10H9N5O3S. The van der Waals surface area contributed by atoms with Gasteiger partial charge in [-0.2, -0.15) is 0 Å². The van der Waals surface area contributed by atoms with E-state index in [-0.39, 0.29) is 16.4 Å². The number of aromatic nitrogens is 3. The normalized spacial score (nSPS) is 9.95. The molecule has 1 aromatic heterocycles. The number of rotatable bonds is 3. The van der Waals surface area contributed by atoms with Crippen molar-refractivity contribution >= 4 is 34.4 Å². The number of amides is 2.